The molecule has 4 amide bonds. The van der Waals surface area contributed by atoms with Gasteiger partial charge >= 0.3 is 6.03 Å². The minimum absolute atomic E-state index is 0.0354. The maximum Gasteiger partial charge on any atom is 0.334 e. The number of fused-ring (bicyclic) bond motifs is 2. The SMILES string of the molecule is CCN1CC(=O)N2[C@@H](Cc3ccccc3)C(=O)N(Cc3cccc4ccccc34)C[C@@H]2N1C(=O)NCc1ccccc1. The van der Waals surface area contributed by atoms with Crippen molar-refractivity contribution in [1.82, 2.24) is 25.1 Å². The number of hydrazine groups is 1. The molecule has 0 saturated carbocycles. The first-order chi connectivity index (χ1) is 20.5. The van der Waals surface area contributed by atoms with Crippen molar-refractivity contribution in [3.05, 3.63) is 120 Å². The molecule has 0 radical (unpaired) electrons. The lowest BCUT2D eigenvalue weighted by atomic mass is 9.97. The molecule has 0 spiro atoms. The number of nitrogens with one attached hydrogen (secondary N) is 1. The van der Waals surface area contributed by atoms with Crippen molar-refractivity contribution < 1.29 is 14.4 Å². The summed E-state index contributed by atoms with van der Waals surface area (Å²) in [6.45, 7) is 3.41. The summed E-state index contributed by atoms with van der Waals surface area (Å²) in [7, 11) is 0. The third-order valence-corrected chi connectivity index (χ3v) is 8.20. The molecule has 2 atom stereocenters. The summed E-state index contributed by atoms with van der Waals surface area (Å²) in [5, 5.41) is 8.68. The highest BCUT2D eigenvalue weighted by Crippen LogP contribution is 2.30. The van der Waals surface area contributed by atoms with E-state index in [0.717, 1.165) is 27.5 Å². The summed E-state index contributed by atoms with van der Waals surface area (Å²) in [6.07, 6.45) is -0.261. The molecular weight excluding hydrogens is 526 g/mol. The van der Waals surface area contributed by atoms with E-state index in [1.54, 1.807) is 14.9 Å². The van der Waals surface area contributed by atoms with E-state index in [-0.39, 0.29) is 30.9 Å². The van der Waals surface area contributed by atoms with E-state index in [1.807, 2.05) is 96.8 Å². The molecule has 6 rings (SSSR count). The maximum atomic E-state index is 14.2. The number of likely N-dealkylation sites (N-methyl/N-ethyl adjacent to an activating group) is 1. The van der Waals surface area contributed by atoms with E-state index in [2.05, 4.69) is 23.5 Å². The van der Waals surface area contributed by atoms with Crippen molar-refractivity contribution in [1.29, 1.82) is 0 Å². The van der Waals surface area contributed by atoms with E-state index in [9.17, 15) is 14.4 Å². The number of nitrogens with zero attached hydrogens (tertiary/aromatic N) is 4. The third kappa shape index (κ3) is 5.45. The monoisotopic (exact) mass is 561 g/mol. The van der Waals surface area contributed by atoms with Gasteiger partial charge in [-0.1, -0.05) is 110 Å². The quantitative estimate of drug-likeness (QED) is 0.363. The van der Waals surface area contributed by atoms with Crippen LogP contribution in [0.15, 0.2) is 103 Å². The number of urea groups is 1. The van der Waals surface area contributed by atoms with Gasteiger partial charge in [0.25, 0.3) is 0 Å². The summed E-state index contributed by atoms with van der Waals surface area (Å²) in [4.78, 5) is 45.2. The number of carbonyl (C=O) groups is 3. The Morgan fingerprint density at radius 2 is 1.50 bits per heavy atom. The Morgan fingerprint density at radius 3 is 2.24 bits per heavy atom. The molecular formula is C34H35N5O3. The van der Waals surface area contributed by atoms with Crippen LogP contribution in [-0.4, -0.2) is 69.5 Å². The smallest absolute Gasteiger partial charge is 0.333 e. The van der Waals surface area contributed by atoms with Crippen molar-refractivity contribution in [2.24, 2.45) is 0 Å². The fourth-order valence-electron chi connectivity index (χ4n) is 6.13. The molecule has 2 fully saturated rings. The summed E-state index contributed by atoms with van der Waals surface area (Å²) in [5.74, 6) is -0.251. The van der Waals surface area contributed by atoms with Gasteiger partial charge in [0.15, 0.2) is 0 Å². The number of amides is 4. The zero-order valence-electron chi connectivity index (χ0n) is 23.7. The summed E-state index contributed by atoms with van der Waals surface area (Å²) in [5.41, 5.74) is 2.98. The van der Waals surface area contributed by atoms with Gasteiger partial charge in [0.2, 0.25) is 11.8 Å². The van der Waals surface area contributed by atoms with Crippen LogP contribution in [0.25, 0.3) is 10.8 Å². The normalized spacial score (nSPS) is 19.2. The number of rotatable bonds is 7. The van der Waals surface area contributed by atoms with Gasteiger partial charge in [-0.05, 0) is 27.5 Å². The molecule has 0 aliphatic carbocycles. The fraction of sp³-hybridized carbons (Fsp3) is 0.265. The molecule has 8 heteroatoms. The molecule has 2 heterocycles. The molecule has 0 bridgehead atoms. The average molecular weight is 562 g/mol. The predicted octanol–water partition coefficient (Wildman–Crippen LogP) is 4.41. The van der Waals surface area contributed by atoms with Gasteiger partial charge in [-0.2, -0.15) is 0 Å². The lowest BCUT2D eigenvalue weighted by Crippen LogP contribution is -2.76. The van der Waals surface area contributed by atoms with Gasteiger partial charge in [0.1, 0.15) is 12.2 Å². The van der Waals surface area contributed by atoms with E-state index < -0.39 is 12.2 Å². The van der Waals surface area contributed by atoms with Crippen molar-refractivity contribution in [3.8, 4) is 0 Å². The first-order valence-corrected chi connectivity index (χ1v) is 14.5. The Kier molecular flexibility index (Phi) is 7.88. The Bertz CT molecular complexity index is 1570. The van der Waals surface area contributed by atoms with Crippen LogP contribution in [0, 0.1) is 0 Å². The third-order valence-electron chi connectivity index (χ3n) is 8.20. The second-order valence-corrected chi connectivity index (χ2v) is 10.8. The van der Waals surface area contributed by atoms with E-state index in [4.69, 9.17) is 0 Å². The van der Waals surface area contributed by atoms with Gasteiger partial charge in [0, 0.05) is 26.1 Å². The Labute approximate surface area is 246 Å². The van der Waals surface area contributed by atoms with Crippen molar-refractivity contribution in [2.45, 2.75) is 38.6 Å². The highest BCUT2D eigenvalue weighted by atomic mass is 16.2. The van der Waals surface area contributed by atoms with Crippen molar-refractivity contribution >= 4 is 28.6 Å². The Hall–Kier alpha value is -4.69. The van der Waals surface area contributed by atoms with Gasteiger partial charge in [-0.3, -0.25) is 9.59 Å². The zero-order valence-corrected chi connectivity index (χ0v) is 23.7. The number of carbonyl (C=O) groups excluding carboxylic acids is 3. The van der Waals surface area contributed by atoms with Crippen LogP contribution in [0.5, 0.6) is 0 Å². The molecule has 2 aliphatic rings. The van der Waals surface area contributed by atoms with E-state index >= 15 is 0 Å². The van der Waals surface area contributed by atoms with Gasteiger partial charge < -0.3 is 15.1 Å². The molecule has 1 N–H and O–H groups in total. The van der Waals surface area contributed by atoms with Crippen LogP contribution in [0.2, 0.25) is 0 Å². The largest absolute Gasteiger partial charge is 0.334 e. The molecule has 42 heavy (non-hydrogen) atoms. The van der Waals surface area contributed by atoms with E-state index in [0.29, 0.717) is 26.1 Å². The average Bonchev–Trinajstić information content (AvgIpc) is 3.02. The van der Waals surface area contributed by atoms with Gasteiger partial charge in [-0.25, -0.2) is 14.8 Å². The zero-order chi connectivity index (χ0) is 29.1. The lowest BCUT2D eigenvalue weighted by Gasteiger charge is -2.55. The van der Waals surface area contributed by atoms with Crippen molar-refractivity contribution in [3.63, 3.8) is 0 Å². The summed E-state index contributed by atoms with van der Waals surface area (Å²) < 4.78 is 0. The first-order valence-electron chi connectivity index (χ1n) is 14.5. The van der Waals surface area contributed by atoms with Crippen LogP contribution in [0.3, 0.4) is 0 Å². The molecule has 4 aromatic rings. The number of piperazine rings is 1. The maximum absolute atomic E-state index is 14.2. The van der Waals surface area contributed by atoms with Crippen LogP contribution in [0.4, 0.5) is 4.79 Å². The van der Waals surface area contributed by atoms with Crippen LogP contribution < -0.4 is 5.32 Å². The van der Waals surface area contributed by atoms with Crippen LogP contribution in [-0.2, 0) is 29.1 Å². The Morgan fingerprint density at radius 1 is 0.833 bits per heavy atom. The standard InChI is InChI=1S/C34H35N5O3/c1-2-37-24-32(40)38-30(20-25-12-5-3-6-13-25)33(41)36(22-28-18-11-17-27-16-9-10-19-29(27)28)23-31(38)39(37)34(42)35-21-26-14-7-4-8-15-26/h3-19,30-31H,2,20-24H2,1H3,(H,35,42)/t30-,31-/m0/s1. The summed E-state index contributed by atoms with van der Waals surface area (Å²) in [6, 6.07) is 32.7. The molecule has 4 aromatic carbocycles. The minimum atomic E-state index is -0.725. The van der Waals surface area contributed by atoms with Crippen LogP contribution in [0.1, 0.15) is 23.6 Å². The van der Waals surface area contributed by atoms with Crippen LogP contribution >= 0.6 is 0 Å². The number of hydrogen-bond acceptors (Lipinski definition) is 4. The van der Waals surface area contributed by atoms with E-state index in [1.165, 1.54) is 0 Å². The second kappa shape index (κ2) is 12.0. The number of benzene rings is 4. The highest BCUT2D eigenvalue weighted by molar-refractivity contribution is 5.92. The second-order valence-electron chi connectivity index (χ2n) is 10.8. The van der Waals surface area contributed by atoms with Crippen molar-refractivity contribution in [2.75, 3.05) is 19.6 Å². The Balaban J connectivity index is 1.35. The fourth-order valence-corrected chi connectivity index (χ4v) is 6.13. The molecule has 0 unspecified atom stereocenters. The molecule has 2 aliphatic heterocycles. The highest BCUT2D eigenvalue weighted by Gasteiger charge is 2.51. The minimum Gasteiger partial charge on any atom is -0.333 e. The van der Waals surface area contributed by atoms with Gasteiger partial charge in [0.05, 0.1) is 13.1 Å². The topological polar surface area (TPSA) is 76.2 Å². The first kappa shape index (κ1) is 27.5. The molecule has 2 saturated heterocycles. The van der Waals surface area contributed by atoms with Gasteiger partial charge in [-0.15, -0.1) is 0 Å². The summed E-state index contributed by atoms with van der Waals surface area (Å²) >= 11 is 0. The number of hydrogen-bond donors (Lipinski definition) is 1. The molecule has 214 valence electrons. The lowest BCUT2D eigenvalue weighted by molar-refractivity contribution is -0.190. The predicted molar refractivity (Wildman–Crippen MR) is 162 cm³/mol. The molecule has 8 nitrogen and oxygen atoms in total. The molecule has 0 aromatic heterocycles.